The molecule has 25 heavy (non-hydrogen) atoms. The lowest BCUT2D eigenvalue weighted by Crippen LogP contribution is -2.31. The fraction of sp³-hybridized carbons (Fsp3) is 0.381. The number of hydrogen-bond acceptors (Lipinski definition) is 3. The second-order valence-corrected chi connectivity index (χ2v) is 6.67. The summed E-state index contributed by atoms with van der Waals surface area (Å²) in [4.78, 5) is 11.9. The Morgan fingerprint density at radius 2 is 1.96 bits per heavy atom. The fourth-order valence-electron chi connectivity index (χ4n) is 2.91. The molecule has 1 atom stereocenters. The van der Waals surface area contributed by atoms with Crippen molar-refractivity contribution in [1.82, 2.24) is 5.32 Å². The van der Waals surface area contributed by atoms with Gasteiger partial charge in [0.05, 0.1) is 6.10 Å². The zero-order chi connectivity index (χ0) is 17.5. The molecule has 4 nitrogen and oxygen atoms in total. The van der Waals surface area contributed by atoms with E-state index >= 15 is 0 Å². The Bertz CT molecular complexity index is 683. The summed E-state index contributed by atoms with van der Waals surface area (Å²) < 4.78 is 5.78. The number of hydrogen-bond donors (Lipinski definition) is 2. The lowest BCUT2D eigenvalue weighted by molar-refractivity contribution is -0.123. The van der Waals surface area contributed by atoms with Gasteiger partial charge in [-0.1, -0.05) is 48.9 Å². The quantitative estimate of drug-likeness (QED) is 0.772. The van der Waals surface area contributed by atoms with E-state index in [2.05, 4.69) is 5.32 Å². The predicted molar refractivity (Wildman–Crippen MR) is 97.1 cm³/mol. The minimum Gasteiger partial charge on any atom is -0.489 e. The largest absolute Gasteiger partial charge is 0.489 e. The van der Waals surface area contributed by atoms with E-state index in [1.165, 1.54) is 6.42 Å². The molecule has 0 radical (unpaired) electrons. The average molecular weight is 339 g/mol. The number of rotatable bonds is 8. The van der Waals surface area contributed by atoms with Crippen LogP contribution in [0.15, 0.2) is 54.6 Å². The maximum Gasteiger partial charge on any atom is 0.220 e. The second-order valence-electron chi connectivity index (χ2n) is 6.67. The van der Waals surface area contributed by atoms with Crippen LogP contribution in [-0.4, -0.2) is 17.6 Å². The van der Waals surface area contributed by atoms with Crippen LogP contribution >= 0.6 is 0 Å². The van der Waals surface area contributed by atoms with Crippen LogP contribution in [0, 0.1) is 5.92 Å². The van der Waals surface area contributed by atoms with E-state index in [0.717, 1.165) is 24.0 Å². The fourth-order valence-corrected chi connectivity index (χ4v) is 2.91. The Balaban J connectivity index is 1.48. The number of carbonyl (C=O) groups excluding carboxylic acids is 1. The number of amides is 1. The predicted octanol–water partition coefficient (Wildman–Crippen LogP) is 3.61. The number of benzene rings is 2. The average Bonchev–Trinajstić information content (AvgIpc) is 2.62. The van der Waals surface area contributed by atoms with Crippen LogP contribution in [0.3, 0.4) is 0 Å². The van der Waals surface area contributed by atoms with Crippen LogP contribution in [0.4, 0.5) is 0 Å². The molecule has 0 aliphatic heterocycles. The molecule has 3 rings (SSSR count). The molecule has 2 aromatic rings. The van der Waals surface area contributed by atoms with Crippen molar-refractivity contribution < 1.29 is 14.6 Å². The van der Waals surface area contributed by atoms with Crippen molar-refractivity contribution in [2.45, 2.75) is 38.4 Å². The highest BCUT2D eigenvalue weighted by Gasteiger charge is 2.21. The van der Waals surface area contributed by atoms with Crippen molar-refractivity contribution in [2.75, 3.05) is 6.54 Å². The van der Waals surface area contributed by atoms with Crippen molar-refractivity contribution in [3.63, 3.8) is 0 Å². The highest BCUT2D eigenvalue weighted by Crippen LogP contribution is 2.29. The summed E-state index contributed by atoms with van der Waals surface area (Å²) in [7, 11) is 0. The summed E-state index contributed by atoms with van der Waals surface area (Å²) in [6.07, 6.45) is 3.38. The number of carbonyl (C=O) groups is 1. The molecule has 0 spiro atoms. The Kier molecular flexibility index (Phi) is 6.07. The molecule has 1 aliphatic rings. The van der Waals surface area contributed by atoms with E-state index in [0.29, 0.717) is 24.7 Å². The molecule has 1 saturated carbocycles. The first kappa shape index (κ1) is 17.5. The SMILES string of the molecule is O=C(CC1CCC1)NCC(O)c1cccc(OCc2ccccc2)c1. The minimum absolute atomic E-state index is 0.0280. The lowest BCUT2D eigenvalue weighted by atomic mass is 9.83. The molecule has 1 aliphatic carbocycles. The maximum atomic E-state index is 11.9. The van der Waals surface area contributed by atoms with Crippen LogP contribution < -0.4 is 10.1 Å². The highest BCUT2D eigenvalue weighted by atomic mass is 16.5. The van der Waals surface area contributed by atoms with Gasteiger partial charge in [0.15, 0.2) is 0 Å². The van der Waals surface area contributed by atoms with Gasteiger partial charge in [-0.25, -0.2) is 0 Å². The molecule has 4 heteroatoms. The molecular formula is C21H25NO3. The van der Waals surface area contributed by atoms with Gasteiger partial charge >= 0.3 is 0 Å². The standard InChI is InChI=1S/C21H25NO3/c23-20(14-22-21(24)12-16-8-4-9-16)18-10-5-11-19(13-18)25-15-17-6-2-1-3-7-17/h1-3,5-7,10-11,13,16,20,23H,4,8-9,12,14-15H2,(H,22,24). The summed E-state index contributed by atoms with van der Waals surface area (Å²) in [5.41, 5.74) is 1.84. The first-order valence-electron chi connectivity index (χ1n) is 8.92. The van der Waals surface area contributed by atoms with Gasteiger partial charge in [-0.05, 0) is 42.0 Å². The maximum absolute atomic E-state index is 11.9. The molecule has 0 bridgehead atoms. The third-order valence-corrected chi connectivity index (χ3v) is 4.68. The second kappa shape index (κ2) is 8.67. The van der Waals surface area contributed by atoms with Gasteiger partial charge in [0, 0.05) is 13.0 Å². The third-order valence-electron chi connectivity index (χ3n) is 4.68. The number of nitrogens with one attached hydrogen (secondary N) is 1. The number of ether oxygens (including phenoxy) is 1. The van der Waals surface area contributed by atoms with Crippen molar-refractivity contribution >= 4 is 5.91 Å². The first-order valence-corrected chi connectivity index (χ1v) is 8.92. The van der Waals surface area contributed by atoms with Gasteiger partial charge in [0.2, 0.25) is 5.91 Å². The Labute approximate surface area is 148 Å². The Morgan fingerprint density at radius 3 is 2.68 bits per heavy atom. The summed E-state index contributed by atoms with van der Waals surface area (Å²) in [5, 5.41) is 13.1. The molecule has 0 saturated heterocycles. The summed E-state index contributed by atoms with van der Waals surface area (Å²) in [6, 6.07) is 17.3. The van der Waals surface area contributed by atoms with Gasteiger partial charge in [-0.2, -0.15) is 0 Å². The molecule has 1 amide bonds. The normalized spacial score (nSPS) is 15.2. The summed E-state index contributed by atoms with van der Waals surface area (Å²) >= 11 is 0. The van der Waals surface area contributed by atoms with E-state index in [1.54, 1.807) is 0 Å². The molecular weight excluding hydrogens is 314 g/mol. The summed E-state index contributed by atoms with van der Waals surface area (Å²) in [6.45, 7) is 0.714. The van der Waals surface area contributed by atoms with Gasteiger partial charge in [0.25, 0.3) is 0 Å². The summed E-state index contributed by atoms with van der Waals surface area (Å²) in [5.74, 6) is 1.27. The van der Waals surface area contributed by atoms with Crippen LogP contribution in [0.25, 0.3) is 0 Å². The van der Waals surface area contributed by atoms with Crippen molar-refractivity contribution in [3.8, 4) is 5.75 Å². The van der Waals surface area contributed by atoms with Gasteiger partial charge in [-0.15, -0.1) is 0 Å². The Hall–Kier alpha value is -2.33. The zero-order valence-electron chi connectivity index (χ0n) is 14.4. The number of aliphatic hydroxyl groups is 1. The third kappa shape index (κ3) is 5.33. The highest BCUT2D eigenvalue weighted by molar-refractivity contribution is 5.76. The first-order chi connectivity index (χ1) is 12.2. The topological polar surface area (TPSA) is 58.6 Å². The van der Waals surface area contributed by atoms with E-state index in [9.17, 15) is 9.90 Å². The van der Waals surface area contributed by atoms with E-state index in [4.69, 9.17) is 4.74 Å². The molecule has 0 heterocycles. The Morgan fingerprint density at radius 1 is 1.16 bits per heavy atom. The van der Waals surface area contributed by atoms with Crippen molar-refractivity contribution in [1.29, 1.82) is 0 Å². The van der Waals surface area contributed by atoms with Crippen molar-refractivity contribution in [2.24, 2.45) is 5.92 Å². The molecule has 1 unspecified atom stereocenters. The van der Waals surface area contributed by atoms with E-state index in [1.807, 2.05) is 54.6 Å². The van der Waals surface area contributed by atoms with Crippen LogP contribution in [-0.2, 0) is 11.4 Å². The van der Waals surface area contributed by atoms with E-state index < -0.39 is 6.10 Å². The monoisotopic (exact) mass is 339 g/mol. The van der Waals surface area contributed by atoms with Crippen LogP contribution in [0.5, 0.6) is 5.75 Å². The van der Waals surface area contributed by atoms with Crippen LogP contribution in [0.1, 0.15) is 42.9 Å². The molecule has 0 aromatic heterocycles. The molecule has 1 fully saturated rings. The molecule has 132 valence electrons. The van der Waals surface area contributed by atoms with Gasteiger partial charge < -0.3 is 15.2 Å². The zero-order valence-corrected chi connectivity index (χ0v) is 14.4. The van der Waals surface area contributed by atoms with Crippen molar-refractivity contribution in [3.05, 3.63) is 65.7 Å². The smallest absolute Gasteiger partial charge is 0.220 e. The lowest BCUT2D eigenvalue weighted by Gasteiger charge is -2.24. The number of aliphatic hydroxyl groups excluding tert-OH is 1. The molecule has 2 aromatic carbocycles. The van der Waals surface area contributed by atoms with Crippen LogP contribution in [0.2, 0.25) is 0 Å². The minimum atomic E-state index is -0.731. The van der Waals surface area contributed by atoms with Gasteiger partial charge in [0.1, 0.15) is 12.4 Å². The van der Waals surface area contributed by atoms with Gasteiger partial charge in [-0.3, -0.25) is 4.79 Å². The van der Waals surface area contributed by atoms with E-state index in [-0.39, 0.29) is 12.5 Å². The molecule has 2 N–H and O–H groups in total.